The Bertz CT molecular complexity index is 1240. The van der Waals surface area contributed by atoms with Gasteiger partial charge in [0.25, 0.3) is 0 Å². The van der Waals surface area contributed by atoms with E-state index in [9.17, 15) is 9.59 Å². The van der Waals surface area contributed by atoms with Crippen LogP contribution in [-0.4, -0.2) is 16.7 Å². The molecular weight excluding hydrogens is 508 g/mol. The van der Waals surface area contributed by atoms with Gasteiger partial charge in [-0.25, -0.2) is 4.98 Å². The van der Waals surface area contributed by atoms with Crippen molar-refractivity contribution in [3.05, 3.63) is 93.9 Å². The number of carbonyl (C=O) groups is 2. The zero-order valence-corrected chi connectivity index (χ0v) is 20.0. The average Bonchev–Trinajstić information content (AvgIpc) is 3.22. The minimum atomic E-state index is -0.244. The van der Waals surface area contributed by atoms with Crippen molar-refractivity contribution in [2.24, 2.45) is 0 Å². The highest BCUT2D eigenvalue weighted by Gasteiger charge is 2.17. The second kappa shape index (κ2) is 10.2. The van der Waals surface area contributed by atoms with Crippen molar-refractivity contribution >= 4 is 55.7 Å². The van der Waals surface area contributed by atoms with Crippen LogP contribution in [0.4, 0.5) is 5.13 Å². The Labute approximate surface area is 203 Å². The molecule has 160 valence electrons. The van der Waals surface area contributed by atoms with Gasteiger partial charge in [0.2, 0.25) is 5.91 Å². The van der Waals surface area contributed by atoms with Gasteiger partial charge >= 0.3 is 0 Å². The third-order valence-electron chi connectivity index (χ3n) is 4.77. The van der Waals surface area contributed by atoms with Gasteiger partial charge in [0, 0.05) is 33.5 Å². The summed E-state index contributed by atoms with van der Waals surface area (Å²) >= 11 is 10.8. The number of nitrogens with one attached hydrogen (secondary N) is 1. The van der Waals surface area contributed by atoms with Gasteiger partial charge in [0.1, 0.15) is 0 Å². The summed E-state index contributed by atoms with van der Waals surface area (Å²) in [6.07, 6.45) is 0.222. The second-order valence-electron chi connectivity index (χ2n) is 7.05. The number of thiazole rings is 1. The fourth-order valence-corrected chi connectivity index (χ4v) is 4.55. The van der Waals surface area contributed by atoms with Crippen molar-refractivity contribution < 1.29 is 9.59 Å². The van der Waals surface area contributed by atoms with Crippen LogP contribution in [0.1, 0.15) is 23.2 Å². The van der Waals surface area contributed by atoms with Crippen molar-refractivity contribution in [1.82, 2.24) is 4.98 Å². The molecule has 0 fully saturated rings. The molecule has 1 aromatic heterocycles. The highest BCUT2D eigenvalue weighted by atomic mass is 79.9. The van der Waals surface area contributed by atoms with Gasteiger partial charge in [-0.05, 0) is 29.8 Å². The number of hydrogen-bond donors (Lipinski definition) is 1. The highest BCUT2D eigenvalue weighted by Crippen LogP contribution is 2.39. The van der Waals surface area contributed by atoms with E-state index in [4.69, 9.17) is 11.6 Å². The minimum Gasteiger partial charge on any atom is -0.302 e. The number of benzene rings is 3. The number of aromatic nitrogens is 1. The third-order valence-corrected chi connectivity index (χ3v) is 6.57. The van der Waals surface area contributed by atoms with Gasteiger partial charge in [-0.1, -0.05) is 93.5 Å². The Hall–Kier alpha value is -2.80. The number of anilines is 1. The van der Waals surface area contributed by atoms with E-state index in [2.05, 4.69) is 26.2 Å². The molecule has 0 radical (unpaired) electrons. The molecule has 0 aliphatic carbocycles. The monoisotopic (exact) mass is 524 g/mol. The molecule has 0 bridgehead atoms. The molecular formula is C25H18BrClN2O2S. The molecule has 7 heteroatoms. The summed E-state index contributed by atoms with van der Waals surface area (Å²) < 4.78 is 0.904. The smallest absolute Gasteiger partial charge is 0.226 e. The Morgan fingerprint density at radius 3 is 2.25 bits per heavy atom. The lowest BCUT2D eigenvalue weighted by atomic mass is 10.1. The fraction of sp³-hybridized carbons (Fsp3) is 0.0800. The molecule has 1 N–H and O–H groups in total. The first-order valence-corrected chi connectivity index (χ1v) is 11.9. The summed E-state index contributed by atoms with van der Waals surface area (Å²) in [5, 5.41) is 4.00. The van der Waals surface area contributed by atoms with Crippen LogP contribution in [0.5, 0.6) is 0 Å². The summed E-state index contributed by atoms with van der Waals surface area (Å²) in [6.45, 7) is 0. The fourth-order valence-electron chi connectivity index (χ4n) is 3.15. The molecule has 0 saturated carbocycles. The van der Waals surface area contributed by atoms with E-state index >= 15 is 0 Å². The second-order valence-corrected chi connectivity index (χ2v) is 9.40. The number of carbonyl (C=O) groups excluding carboxylic acids is 2. The third kappa shape index (κ3) is 5.51. The molecule has 4 aromatic rings. The quantitative estimate of drug-likeness (QED) is 0.254. The molecule has 0 unspecified atom stereocenters. The Kier molecular flexibility index (Phi) is 7.15. The van der Waals surface area contributed by atoms with Crippen LogP contribution < -0.4 is 5.32 Å². The maximum Gasteiger partial charge on any atom is 0.226 e. The van der Waals surface area contributed by atoms with E-state index in [-0.39, 0.29) is 24.5 Å². The normalized spacial score (nSPS) is 10.7. The first-order chi connectivity index (χ1) is 15.5. The van der Waals surface area contributed by atoms with Crippen LogP contribution in [0.25, 0.3) is 21.7 Å². The van der Waals surface area contributed by atoms with Crippen molar-refractivity contribution in [3.8, 4) is 21.7 Å². The van der Waals surface area contributed by atoms with Gasteiger partial charge in [0.05, 0.1) is 10.6 Å². The topological polar surface area (TPSA) is 59.1 Å². The predicted molar refractivity (Wildman–Crippen MR) is 134 cm³/mol. The van der Waals surface area contributed by atoms with Crippen LogP contribution in [-0.2, 0) is 4.79 Å². The standard InChI is InChI=1S/C25H18BrClN2O2S/c26-19-10-6-16(7-11-19)21(30)14-15-22(31)28-25-29-23(17-4-2-1-3-5-17)24(32-25)18-8-12-20(27)13-9-18/h1-13H,14-15H2,(H,28,29,31). The maximum absolute atomic E-state index is 12.5. The van der Waals surface area contributed by atoms with Crippen LogP contribution in [0, 0.1) is 0 Å². The van der Waals surface area contributed by atoms with Gasteiger partial charge < -0.3 is 5.32 Å². The molecule has 1 heterocycles. The van der Waals surface area contributed by atoms with E-state index in [1.807, 2.05) is 66.7 Å². The summed E-state index contributed by atoms with van der Waals surface area (Å²) in [7, 11) is 0. The molecule has 32 heavy (non-hydrogen) atoms. The minimum absolute atomic E-state index is 0.0707. The first-order valence-electron chi connectivity index (χ1n) is 9.90. The average molecular weight is 526 g/mol. The van der Waals surface area contributed by atoms with E-state index in [0.29, 0.717) is 15.7 Å². The number of amides is 1. The summed E-state index contributed by atoms with van der Waals surface area (Å²) in [6, 6.07) is 24.5. The van der Waals surface area contributed by atoms with Gasteiger partial charge in [-0.3, -0.25) is 9.59 Å². The van der Waals surface area contributed by atoms with Gasteiger partial charge in [-0.15, -0.1) is 0 Å². The van der Waals surface area contributed by atoms with E-state index in [0.717, 1.165) is 26.2 Å². The number of halogens is 2. The Morgan fingerprint density at radius 2 is 1.56 bits per heavy atom. The summed E-state index contributed by atoms with van der Waals surface area (Å²) in [4.78, 5) is 30.5. The zero-order chi connectivity index (χ0) is 22.5. The number of rotatable bonds is 7. The molecule has 4 nitrogen and oxygen atoms in total. The van der Waals surface area contributed by atoms with E-state index in [1.165, 1.54) is 11.3 Å². The first kappa shape index (κ1) is 22.4. The lowest BCUT2D eigenvalue weighted by Gasteiger charge is -2.02. The Balaban J connectivity index is 1.51. The van der Waals surface area contributed by atoms with Crippen molar-refractivity contribution in [2.45, 2.75) is 12.8 Å². The number of nitrogens with zero attached hydrogens (tertiary/aromatic N) is 1. The molecule has 0 aliphatic heterocycles. The van der Waals surface area contributed by atoms with Crippen molar-refractivity contribution in [2.75, 3.05) is 5.32 Å². The highest BCUT2D eigenvalue weighted by molar-refractivity contribution is 9.10. The SMILES string of the molecule is O=C(CCC(=O)c1ccc(Br)cc1)Nc1nc(-c2ccccc2)c(-c2ccc(Cl)cc2)s1. The predicted octanol–water partition coefficient (Wildman–Crippen LogP) is 7.49. The molecule has 0 atom stereocenters. The van der Waals surface area contributed by atoms with Crippen LogP contribution >= 0.6 is 38.9 Å². The molecule has 1 amide bonds. The maximum atomic E-state index is 12.5. The van der Waals surface area contributed by atoms with Crippen molar-refractivity contribution in [3.63, 3.8) is 0 Å². The number of Topliss-reactive ketones (excluding diaryl/α,β-unsaturated/α-hetero) is 1. The van der Waals surface area contributed by atoms with E-state index in [1.54, 1.807) is 12.1 Å². The molecule has 3 aromatic carbocycles. The van der Waals surface area contributed by atoms with Gasteiger partial charge in [0.15, 0.2) is 10.9 Å². The lowest BCUT2D eigenvalue weighted by Crippen LogP contribution is -2.13. The zero-order valence-electron chi connectivity index (χ0n) is 16.8. The molecule has 0 spiro atoms. The number of hydrogen-bond acceptors (Lipinski definition) is 4. The van der Waals surface area contributed by atoms with Gasteiger partial charge in [-0.2, -0.15) is 0 Å². The largest absolute Gasteiger partial charge is 0.302 e. The van der Waals surface area contributed by atoms with Crippen LogP contribution in [0.15, 0.2) is 83.3 Å². The summed E-state index contributed by atoms with van der Waals surface area (Å²) in [5.41, 5.74) is 3.31. The lowest BCUT2D eigenvalue weighted by molar-refractivity contribution is -0.116. The Morgan fingerprint density at radius 1 is 0.875 bits per heavy atom. The molecule has 0 aliphatic rings. The van der Waals surface area contributed by atoms with Crippen LogP contribution in [0.2, 0.25) is 5.02 Å². The van der Waals surface area contributed by atoms with Crippen molar-refractivity contribution in [1.29, 1.82) is 0 Å². The van der Waals surface area contributed by atoms with Crippen LogP contribution in [0.3, 0.4) is 0 Å². The summed E-state index contributed by atoms with van der Waals surface area (Å²) in [5.74, 6) is -0.315. The number of ketones is 1. The molecule has 0 saturated heterocycles. The van der Waals surface area contributed by atoms with E-state index < -0.39 is 0 Å². The molecule has 4 rings (SSSR count).